The van der Waals surface area contributed by atoms with E-state index in [1.54, 1.807) is 22.4 Å². The minimum absolute atomic E-state index is 0.0712. The van der Waals surface area contributed by atoms with Crippen molar-refractivity contribution in [3.63, 3.8) is 0 Å². The highest BCUT2D eigenvalue weighted by Crippen LogP contribution is 2.28. The van der Waals surface area contributed by atoms with Crippen LogP contribution in [0.1, 0.15) is 12.0 Å². The Bertz CT molecular complexity index is 1300. The maximum atomic E-state index is 13.1. The summed E-state index contributed by atoms with van der Waals surface area (Å²) in [6, 6.07) is 14.2. The predicted molar refractivity (Wildman–Crippen MR) is 117 cm³/mol. The molecule has 28 heavy (non-hydrogen) atoms. The zero-order valence-corrected chi connectivity index (χ0v) is 17.0. The van der Waals surface area contributed by atoms with Crippen molar-refractivity contribution in [2.75, 3.05) is 13.1 Å². The largest absolute Gasteiger partial charge is 0.333 e. The summed E-state index contributed by atoms with van der Waals surface area (Å²) >= 11 is 3.54. The Kier molecular flexibility index (Phi) is 4.18. The van der Waals surface area contributed by atoms with Crippen LogP contribution in [0.25, 0.3) is 33.2 Å². The summed E-state index contributed by atoms with van der Waals surface area (Å²) in [5.41, 5.74) is 5.93. The number of imidazole rings is 1. The van der Waals surface area contributed by atoms with Crippen molar-refractivity contribution in [1.29, 1.82) is 0 Å². The van der Waals surface area contributed by atoms with E-state index >= 15 is 0 Å². The fourth-order valence-corrected chi connectivity index (χ4v) is 4.28. The normalized spacial score (nSPS) is 14.6. The van der Waals surface area contributed by atoms with Gasteiger partial charge in [0, 0.05) is 23.5 Å². The molecule has 2 aromatic heterocycles. The van der Waals surface area contributed by atoms with Gasteiger partial charge in [-0.1, -0.05) is 34.1 Å². The molecule has 3 heterocycles. The first kappa shape index (κ1) is 17.4. The Morgan fingerprint density at radius 3 is 2.71 bits per heavy atom. The molecular formula is C22H19BrN4O. The molecule has 0 fully saturated rings. The van der Waals surface area contributed by atoms with Gasteiger partial charge >= 0.3 is 5.69 Å². The van der Waals surface area contributed by atoms with Crippen LogP contribution in [0.15, 0.2) is 64.0 Å². The lowest BCUT2D eigenvalue weighted by molar-refractivity contribution is 0.738. The summed E-state index contributed by atoms with van der Waals surface area (Å²) in [5.74, 6) is 0. The minimum atomic E-state index is -0.0712. The zero-order chi connectivity index (χ0) is 19.3. The van der Waals surface area contributed by atoms with Crippen LogP contribution in [0.3, 0.4) is 0 Å². The van der Waals surface area contributed by atoms with Crippen molar-refractivity contribution in [3.8, 4) is 5.69 Å². The molecule has 1 N–H and O–H groups in total. The van der Waals surface area contributed by atoms with Crippen molar-refractivity contribution < 1.29 is 0 Å². The van der Waals surface area contributed by atoms with Crippen molar-refractivity contribution in [3.05, 3.63) is 75.3 Å². The van der Waals surface area contributed by atoms with Gasteiger partial charge < -0.3 is 5.32 Å². The summed E-state index contributed by atoms with van der Waals surface area (Å²) in [6.45, 7) is 1.91. The molecule has 0 aliphatic carbocycles. The molecule has 0 radical (unpaired) electrons. The molecule has 0 bridgehead atoms. The van der Waals surface area contributed by atoms with E-state index in [0.29, 0.717) is 0 Å². The second-order valence-corrected chi connectivity index (χ2v) is 7.98. The van der Waals surface area contributed by atoms with Gasteiger partial charge in [0.2, 0.25) is 0 Å². The van der Waals surface area contributed by atoms with Gasteiger partial charge in [0.15, 0.2) is 0 Å². The van der Waals surface area contributed by atoms with Gasteiger partial charge in [-0.25, -0.2) is 4.79 Å². The van der Waals surface area contributed by atoms with E-state index < -0.39 is 0 Å². The molecule has 0 unspecified atom stereocenters. The quantitative estimate of drug-likeness (QED) is 0.518. The van der Waals surface area contributed by atoms with Crippen LogP contribution >= 0.6 is 15.9 Å². The molecule has 0 spiro atoms. The Hall–Kier alpha value is -2.70. The number of pyridine rings is 1. The second kappa shape index (κ2) is 6.72. The molecule has 6 heteroatoms. The fraction of sp³-hybridized carbons (Fsp3) is 0.182. The van der Waals surface area contributed by atoms with Crippen molar-refractivity contribution in [2.24, 2.45) is 7.05 Å². The fourth-order valence-electron chi connectivity index (χ4n) is 3.92. The van der Waals surface area contributed by atoms with Crippen LogP contribution in [0.2, 0.25) is 0 Å². The number of hydrogen-bond donors (Lipinski definition) is 1. The maximum absolute atomic E-state index is 13.1. The predicted octanol–water partition coefficient (Wildman–Crippen LogP) is 4.02. The summed E-state index contributed by atoms with van der Waals surface area (Å²) < 4.78 is 4.41. The third-order valence-corrected chi connectivity index (χ3v) is 5.90. The molecule has 2 aromatic carbocycles. The van der Waals surface area contributed by atoms with Crippen LogP contribution in [0, 0.1) is 0 Å². The number of nitrogens with one attached hydrogen (secondary N) is 1. The first-order chi connectivity index (χ1) is 13.6. The topological polar surface area (TPSA) is 51.9 Å². The third kappa shape index (κ3) is 2.72. The number of aryl methyl sites for hydroxylation is 1. The monoisotopic (exact) mass is 434 g/mol. The lowest BCUT2D eigenvalue weighted by atomic mass is 10.00. The van der Waals surface area contributed by atoms with Crippen LogP contribution in [0.4, 0.5) is 0 Å². The lowest BCUT2D eigenvalue weighted by Crippen LogP contribution is -2.21. The molecule has 0 atom stereocenters. The van der Waals surface area contributed by atoms with Crippen LogP contribution in [-0.4, -0.2) is 27.2 Å². The number of rotatable bonds is 2. The molecule has 5 rings (SSSR count). The molecule has 4 aromatic rings. The highest BCUT2D eigenvalue weighted by molar-refractivity contribution is 9.10. The number of hydrogen-bond acceptors (Lipinski definition) is 3. The zero-order valence-electron chi connectivity index (χ0n) is 15.4. The van der Waals surface area contributed by atoms with Gasteiger partial charge in [0.25, 0.3) is 0 Å². The molecule has 5 nitrogen and oxygen atoms in total. The molecule has 0 amide bonds. The van der Waals surface area contributed by atoms with Crippen molar-refractivity contribution in [1.82, 2.24) is 19.4 Å². The standard InChI is InChI=1S/C22H19BrN4O/c1-26-20-13-25-19-7-4-16(23)12-18(19)21(20)27(22(26)28)17-5-2-14(3-6-17)15-8-10-24-11-9-15/h2-8,12-13,24H,9-11H2,1H3. The van der Waals surface area contributed by atoms with Crippen molar-refractivity contribution in [2.45, 2.75) is 6.42 Å². The first-order valence-corrected chi connectivity index (χ1v) is 10.1. The van der Waals surface area contributed by atoms with Crippen LogP contribution in [-0.2, 0) is 7.05 Å². The number of fused-ring (bicyclic) bond motifs is 3. The van der Waals surface area contributed by atoms with E-state index in [0.717, 1.165) is 51.6 Å². The smallest absolute Gasteiger partial charge is 0.313 e. The third-order valence-electron chi connectivity index (χ3n) is 5.41. The van der Waals surface area contributed by atoms with Crippen LogP contribution < -0.4 is 11.0 Å². The number of aromatic nitrogens is 3. The number of benzene rings is 2. The lowest BCUT2D eigenvalue weighted by Gasteiger charge is -2.14. The number of halogens is 1. The summed E-state index contributed by atoms with van der Waals surface area (Å²) in [5, 5.41) is 4.29. The molecule has 1 aliphatic heterocycles. The Balaban J connectivity index is 1.74. The Labute approximate surface area is 170 Å². The Morgan fingerprint density at radius 1 is 1.14 bits per heavy atom. The summed E-state index contributed by atoms with van der Waals surface area (Å²) in [4.78, 5) is 17.6. The van der Waals surface area contributed by atoms with Gasteiger partial charge in [0.1, 0.15) is 0 Å². The van der Waals surface area contributed by atoms with E-state index in [9.17, 15) is 4.79 Å². The molecule has 0 saturated carbocycles. The van der Waals surface area contributed by atoms with E-state index in [2.05, 4.69) is 44.4 Å². The summed E-state index contributed by atoms with van der Waals surface area (Å²) in [6.07, 6.45) is 5.04. The maximum Gasteiger partial charge on any atom is 0.333 e. The highest BCUT2D eigenvalue weighted by Gasteiger charge is 2.16. The number of nitrogens with zero attached hydrogens (tertiary/aromatic N) is 3. The Morgan fingerprint density at radius 2 is 1.96 bits per heavy atom. The van der Waals surface area contributed by atoms with Gasteiger partial charge in [-0.3, -0.25) is 14.1 Å². The average molecular weight is 435 g/mol. The molecule has 1 aliphatic rings. The van der Waals surface area contributed by atoms with E-state index in [1.807, 2.05) is 30.3 Å². The van der Waals surface area contributed by atoms with E-state index in [1.165, 1.54) is 11.1 Å². The van der Waals surface area contributed by atoms with E-state index in [4.69, 9.17) is 0 Å². The van der Waals surface area contributed by atoms with E-state index in [-0.39, 0.29) is 5.69 Å². The second-order valence-electron chi connectivity index (χ2n) is 7.06. The highest BCUT2D eigenvalue weighted by atomic mass is 79.9. The first-order valence-electron chi connectivity index (χ1n) is 9.30. The van der Waals surface area contributed by atoms with Gasteiger partial charge in [-0.2, -0.15) is 0 Å². The molecule has 0 saturated heterocycles. The van der Waals surface area contributed by atoms with Crippen molar-refractivity contribution >= 4 is 43.4 Å². The SMILES string of the molecule is Cn1c(=O)n(-c2ccc(C3=CCNCC3)cc2)c2c3cc(Br)ccc3ncc21. The molecular weight excluding hydrogens is 416 g/mol. The van der Waals surface area contributed by atoms with Gasteiger partial charge in [-0.05, 0) is 54.4 Å². The minimum Gasteiger partial charge on any atom is -0.313 e. The summed E-state index contributed by atoms with van der Waals surface area (Å²) in [7, 11) is 1.79. The van der Waals surface area contributed by atoms with Gasteiger partial charge in [0.05, 0.1) is 28.4 Å². The average Bonchev–Trinajstić information content (AvgIpc) is 3.00. The van der Waals surface area contributed by atoms with Gasteiger partial charge in [-0.15, -0.1) is 0 Å². The molecule has 140 valence electrons. The van der Waals surface area contributed by atoms with Crippen LogP contribution in [0.5, 0.6) is 0 Å².